The van der Waals surface area contributed by atoms with Crippen molar-refractivity contribution in [3.05, 3.63) is 83.2 Å². The fourth-order valence-electron chi connectivity index (χ4n) is 4.64. The van der Waals surface area contributed by atoms with Crippen LogP contribution in [0.25, 0.3) is 16.5 Å². The molecule has 5 rings (SSSR count). The van der Waals surface area contributed by atoms with E-state index in [-0.39, 0.29) is 31.2 Å². The number of carbonyl (C=O) groups excluding carboxylic acids is 2. The molecular weight excluding hydrogens is 487 g/mol. The molecule has 0 spiro atoms. The molecule has 0 unspecified atom stereocenters. The highest BCUT2D eigenvalue weighted by Gasteiger charge is 2.41. The van der Waals surface area contributed by atoms with Crippen LogP contribution < -0.4 is 9.64 Å². The van der Waals surface area contributed by atoms with E-state index in [2.05, 4.69) is 5.10 Å². The van der Waals surface area contributed by atoms with Crippen LogP contribution >= 0.6 is 0 Å². The lowest BCUT2D eigenvalue weighted by Crippen LogP contribution is -2.34. The Labute approximate surface area is 210 Å². The normalized spacial score (nSPS) is 13.2. The summed E-state index contributed by atoms with van der Waals surface area (Å²) in [5, 5.41) is 5.07. The summed E-state index contributed by atoms with van der Waals surface area (Å²) in [6.07, 6.45) is -3.90. The number of alkyl halides is 3. The van der Waals surface area contributed by atoms with E-state index in [9.17, 15) is 22.8 Å². The summed E-state index contributed by atoms with van der Waals surface area (Å²) in [4.78, 5) is 27.0. The molecule has 0 fully saturated rings. The van der Waals surface area contributed by atoms with Crippen molar-refractivity contribution in [1.82, 2.24) is 9.78 Å². The van der Waals surface area contributed by atoms with Crippen LogP contribution in [0.3, 0.4) is 0 Å². The monoisotopic (exact) mass is 509 g/mol. The van der Waals surface area contributed by atoms with E-state index in [0.29, 0.717) is 27.8 Å². The molecule has 2 heterocycles. The Bertz CT molecular complexity index is 1510. The van der Waals surface area contributed by atoms with Crippen LogP contribution in [-0.4, -0.2) is 35.4 Å². The van der Waals surface area contributed by atoms with Crippen LogP contribution in [0.15, 0.2) is 60.8 Å². The van der Waals surface area contributed by atoms with Gasteiger partial charge in [0.05, 0.1) is 44.3 Å². The molecule has 0 radical (unpaired) electrons. The summed E-state index contributed by atoms with van der Waals surface area (Å²) in [5.41, 5.74) is 0.433. The minimum absolute atomic E-state index is 0.0691. The van der Waals surface area contributed by atoms with Crippen molar-refractivity contribution in [3.8, 4) is 11.4 Å². The predicted molar refractivity (Wildman–Crippen MR) is 130 cm³/mol. The van der Waals surface area contributed by atoms with Gasteiger partial charge in [-0.3, -0.25) is 4.79 Å². The lowest BCUT2D eigenvalue weighted by atomic mass is 9.94. The zero-order valence-electron chi connectivity index (χ0n) is 20.0. The van der Waals surface area contributed by atoms with Crippen molar-refractivity contribution in [2.75, 3.05) is 18.6 Å². The van der Waals surface area contributed by atoms with Gasteiger partial charge in [0.2, 0.25) is 5.91 Å². The van der Waals surface area contributed by atoms with E-state index < -0.39 is 23.4 Å². The van der Waals surface area contributed by atoms with Gasteiger partial charge < -0.3 is 14.4 Å². The van der Waals surface area contributed by atoms with Crippen molar-refractivity contribution in [1.29, 1.82) is 0 Å². The van der Waals surface area contributed by atoms with Crippen molar-refractivity contribution in [2.24, 2.45) is 0 Å². The number of amides is 1. The summed E-state index contributed by atoms with van der Waals surface area (Å²) >= 11 is 0. The Morgan fingerprint density at radius 1 is 1.05 bits per heavy atom. The van der Waals surface area contributed by atoms with Crippen molar-refractivity contribution in [3.63, 3.8) is 0 Å². The second-order valence-corrected chi connectivity index (χ2v) is 8.49. The molecule has 0 bridgehead atoms. The fourth-order valence-corrected chi connectivity index (χ4v) is 4.64. The number of esters is 1. The number of aromatic nitrogens is 2. The summed E-state index contributed by atoms with van der Waals surface area (Å²) in [6, 6.07) is 15.6. The smallest absolute Gasteiger partial charge is 0.434 e. The van der Waals surface area contributed by atoms with Crippen molar-refractivity contribution in [2.45, 2.75) is 26.1 Å². The van der Waals surface area contributed by atoms with Gasteiger partial charge in [-0.05, 0) is 42.3 Å². The average molecular weight is 509 g/mol. The standard InChI is InChI=1S/C27H22F3N3O4/c1-3-37-26(35)20-14-31-33(25(20)27(28,29)30)21-12-9-17-13-23(34)32(22-6-4-5-19(21)24(17)22)15-16-7-10-18(36-2)11-8-16/h4-12,14H,3,13,15H2,1-2H3. The number of carbonyl (C=O) groups is 2. The first-order valence-electron chi connectivity index (χ1n) is 11.5. The zero-order chi connectivity index (χ0) is 26.3. The van der Waals surface area contributed by atoms with Crippen molar-refractivity contribution >= 4 is 28.3 Å². The zero-order valence-corrected chi connectivity index (χ0v) is 20.0. The number of rotatable bonds is 6. The maximum absolute atomic E-state index is 14.1. The van der Waals surface area contributed by atoms with Crippen LogP contribution in [0.4, 0.5) is 18.9 Å². The van der Waals surface area contributed by atoms with Crippen LogP contribution in [0.1, 0.15) is 34.1 Å². The first-order chi connectivity index (χ1) is 17.7. The summed E-state index contributed by atoms with van der Waals surface area (Å²) in [5.74, 6) is -0.531. The van der Waals surface area contributed by atoms with Crippen LogP contribution in [0, 0.1) is 0 Å². The summed E-state index contributed by atoms with van der Waals surface area (Å²) in [7, 11) is 1.57. The molecular formula is C27H22F3N3O4. The molecule has 0 aliphatic carbocycles. The molecule has 10 heteroatoms. The first-order valence-corrected chi connectivity index (χ1v) is 11.5. The van der Waals surface area contributed by atoms with Gasteiger partial charge in [0.1, 0.15) is 11.3 Å². The van der Waals surface area contributed by atoms with E-state index in [1.165, 1.54) is 13.0 Å². The Hall–Kier alpha value is -4.34. The van der Waals surface area contributed by atoms with E-state index in [1.54, 1.807) is 48.4 Å². The molecule has 3 aromatic carbocycles. The highest BCUT2D eigenvalue weighted by atomic mass is 19.4. The lowest BCUT2D eigenvalue weighted by Gasteiger charge is -2.30. The first kappa shape index (κ1) is 24.4. The Morgan fingerprint density at radius 2 is 1.81 bits per heavy atom. The molecule has 190 valence electrons. The number of hydrogen-bond donors (Lipinski definition) is 0. The van der Waals surface area contributed by atoms with Gasteiger partial charge in [-0.25, -0.2) is 9.48 Å². The molecule has 0 saturated carbocycles. The number of methoxy groups -OCH3 is 1. The molecule has 0 atom stereocenters. The molecule has 1 aliphatic heterocycles. The third kappa shape index (κ3) is 4.28. The Morgan fingerprint density at radius 3 is 2.49 bits per heavy atom. The molecule has 4 aromatic rings. The van der Waals surface area contributed by atoms with E-state index in [4.69, 9.17) is 9.47 Å². The SMILES string of the molecule is CCOC(=O)c1cnn(-c2ccc3c4c(cccc24)N(Cc2ccc(OC)cc2)C(=O)C3)c1C(F)(F)F. The van der Waals surface area contributed by atoms with E-state index in [0.717, 1.165) is 16.4 Å². The quantitative estimate of drug-likeness (QED) is 0.329. The highest BCUT2D eigenvalue weighted by Crippen LogP contribution is 2.40. The number of hydrogen-bond acceptors (Lipinski definition) is 5. The minimum Gasteiger partial charge on any atom is -0.497 e. The second kappa shape index (κ2) is 9.27. The average Bonchev–Trinajstić information content (AvgIpc) is 3.33. The maximum Gasteiger partial charge on any atom is 0.434 e. The van der Waals surface area contributed by atoms with Gasteiger partial charge in [0, 0.05) is 10.8 Å². The number of anilines is 1. The molecule has 1 amide bonds. The third-order valence-electron chi connectivity index (χ3n) is 6.28. The van der Waals surface area contributed by atoms with Crippen LogP contribution in [0.5, 0.6) is 5.75 Å². The van der Waals surface area contributed by atoms with E-state index in [1.807, 2.05) is 12.1 Å². The Balaban J connectivity index is 1.65. The van der Waals surface area contributed by atoms with Crippen molar-refractivity contribution < 1.29 is 32.2 Å². The van der Waals surface area contributed by atoms with Crippen LogP contribution in [-0.2, 0) is 28.7 Å². The summed E-state index contributed by atoms with van der Waals surface area (Å²) < 4.78 is 53.2. The van der Waals surface area contributed by atoms with Crippen LogP contribution in [0.2, 0.25) is 0 Å². The van der Waals surface area contributed by atoms with Gasteiger partial charge >= 0.3 is 12.1 Å². The minimum atomic E-state index is -4.87. The lowest BCUT2D eigenvalue weighted by molar-refractivity contribution is -0.143. The number of benzene rings is 3. The largest absolute Gasteiger partial charge is 0.497 e. The highest BCUT2D eigenvalue weighted by molar-refractivity contribution is 6.12. The third-order valence-corrected chi connectivity index (χ3v) is 6.28. The number of halogens is 3. The van der Waals surface area contributed by atoms with Gasteiger partial charge in [0.15, 0.2) is 5.69 Å². The summed E-state index contributed by atoms with van der Waals surface area (Å²) in [6.45, 7) is 1.73. The topological polar surface area (TPSA) is 73.7 Å². The van der Waals surface area contributed by atoms with Gasteiger partial charge in [-0.2, -0.15) is 18.3 Å². The van der Waals surface area contributed by atoms with Gasteiger partial charge in [-0.1, -0.05) is 30.3 Å². The van der Waals surface area contributed by atoms with Gasteiger partial charge in [0.25, 0.3) is 0 Å². The molecule has 0 saturated heterocycles. The van der Waals surface area contributed by atoms with E-state index >= 15 is 0 Å². The molecule has 7 nitrogen and oxygen atoms in total. The molecule has 37 heavy (non-hydrogen) atoms. The predicted octanol–water partition coefficient (Wildman–Crippen LogP) is 5.32. The van der Waals surface area contributed by atoms with Gasteiger partial charge in [-0.15, -0.1) is 0 Å². The molecule has 1 aromatic heterocycles. The number of nitrogens with zero attached hydrogens (tertiary/aromatic N) is 3. The number of ether oxygens (including phenoxy) is 2. The Kier molecular flexibility index (Phi) is 6.10. The molecule has 0 N–H and O–H groups in total. The fraction of sp³-hybridized carbons (Fsp3) is 0.222. The second-order valence-electron chi connectivity index (χ2n) is 8.49. The maximum atomic E-state index is 14.1. The molecule has 1 aliphatic rings.